The molecule has 20 heavy (non-hydrogen) atoms. The van der Waals surface area contributed by atoms with Gasteiger partial charge in [0.1, 0.15) is 0 Å². The lowest BCUT2D eigenvalue weighted by atomic mass is 10.1. The fourth-order valence-electron chi connectivity index (χ4n) is 2.03. The number of amides is 1. The predicted molar refractivity (Wildman–Crippen MR) is 80.1 cm³/mol. The zero-order valence-corrected chi connectivity index (χ0v) is 12.1. The van der Waals surface area contributed by atoms with Crippen LogP contribution in [-0.4, -0.2) is 26.0 Å². The molecule has 106 valence electrons. The van der Waals surface area contributed by atoms with Gasteiger partial charge in [0, 0.05) is 31.4 Å². The van der Waals surface area contributed by atoms with E-state index in [1.54, 1.807) is 12.5 Å². The first-order chi connectivity index (χ1) is 9.56. The first kappa shape index (κ1) is 14.2. The number of rotatable bonds is 5. The van der Waals surface area contributed by atoms with Crippen LogP contribution in [0.5, 0.6) is 0 Å². The van der Waals surface area contributed by atoms with Gasteiger partial charge in [-0.25, -0.2) is 0 Å². The summed E-state index contributed by atoms with van der Waals surface area (Å²) in [5, 5.41) is 2.99. The second kappa shape index (κ2) is 6.28. The Labute approximate surface area is 119 Å². The van der Waals surface area contributed by atoms with Crippen molar-refractivity contribution in [2.45, 2.75) is 19.4 Å². The van der Waals surface area contributed by atoms with Gasteiger partial charge in [-0.3, -0.25) is 4.79 Å². The van der Waals surface area contributed by atoms with Crippen LogP contribution >= 0.6 is 0 Å². The van der Waals surface area contributed by atoms with Crippen molar-refractivity contribution in [3.8, 4) is 0 Å². The Hall–Kier alpha value is -2.23. The number of benzene rings is 1. The number of carbonyl (C=O) groups excluding carboxylic acids is 1. The third kappa shape index (κ3) is 3.63. The highest BCUT2D eigenvalue weighted by molar-refractivity contribution is 5.94. The average molecular weight is 272 g/mol. The normalized spacial score (nSPS) is 11.9. The van der Waals surface area contributed by atoms with E-state index in [1.807, 2.05) is 56.3 Å². The Morgan fingerprint density at radius 3 is 2.50 bits per heavy atom. The van der Waals surface area contributed by atoms with Gasteiger partial charge >= 0.3 is 0 Å². The Morgan fingerprint density at radius 1 is 1.25 bits per heavy atom. The molecule has 1 heterocycles. The van der Waals surface area contributed by atoms with Crippen LogP contribution in [0.15, 0.2) is 47.3 Å². The summed E-state index contributed by atoms with van der Waals surface area (Å²) < 4.78 is 5.02. The molecule has 0 unspecified atom stereocenters. The molecule has 1 aromatic heterocycles. The SMILES string of the molecule is C[C@H](Cc1ccoc1)NC(=O)c1ccc(N(C)C)cc1. The maximum Gasteiger partial charge on any atom is 0.251 e. The Morgan fingerprint density at radius 2 is 1.95 bits per heavy atom. The largest absolute Gasteiger partial charge is 0.472 e. The topological polar surface area (TPSA) is 45.5 Å². The lowest BCUT2D eigenvalue weighted by Gasteiger charge is -2.15. The van der Waals surface area contributed by atoms with Gasteiger partial charge in [0.25, 0.3) is 5.91 Å². The molecule has 1 amide bonds. The first-order valence-electron chi connectivity index (χ1n) is 6.65. The zero-order valence-electron chi connectivity index (χ0n) is 12.1. The van der Waals surface area contributed by atoms with Crippen LogP contribution in [0, 0.1) is 0 Å². The van der Waals surface area contributed by atoms with E-state index in [9.17, 15) is 4.79 Å². The van der Waals surface area contributed by atoms with Crippen molar-refractivity contribution in [1.82, 2.24) is 5.32 Å². The lowest BCUT2D eigenvalue weighted by molar-refractivity contribution is 0.0940. The fourth-order valence-corrected chi connectivity index (χ4v) is 2.03. The van der Waals surface area contributed by atoms with E-state index in [4.69, 9.17) is 4.42 Å². The van der Waals surface area contributed by atoms with Gasteiger partial charge in [0.15, 0.2) is 0 Å². The van der Waals surface area contributed by atoms with Crippen molar-refractivity contribution in [2.75, 3.05) is 19.0 Å². The van der Waals surface area contributed by atoms with Gasteiger partial charge in [-0.05, 0) is 49.2 Å². The summed E-state index contributed by atoms with van der Waals surface area (Å²) in [5.41, 5.74) is 2.84. The van der Waals surface area contributed by atoms with Crippen LogP contribution in [0.25, 0.3) is 0 Å². The molecule has 0 spiro atoms. The second-order valence-corrected chi connectivity index (χ2v) is 5.15. The number of furan rings is 1. The van der Waals surface area contributed by atoms with Gasteiger partial charge < -0.3 is 14.6 Å². The summed E-state index contributed by atoms with van der Waals surface area (Å²) in [5.74, 6) is -0.0497. The Balaban J connectivity index is 1.93. The van der Waals surface area contributed by atoms with Crippen molar-refractivity contribution < 1.29 is 9.21 Å². The smallest absolute Gasteiger partial charge is 0.251 e. The van der Waals surface area contributed by atoms with Gasteiger partial charge in [0.2, 0.25) is 0 Å². The highest BCUT2D eigenvalue weighted by atomic mass is 16.3. The monoisotopic (exact) mass is 272 g/mol. The fraction of sp³-hybridized carbons (Fsp3) is 0.312. The molecule has 4 heteroatoms. The van der Waals surface area contributed by atoms with Crippen LogP contribution < -0.4 is 10.2 Å². The number of hydrogen-bond acceptors (Lipinski definition) is 3. The molecule has 0 radical (unpaired) electrons. The standard InChI is InChI=1S/C16H20N2O2/c1-12(10-13-8-9-20-11-13)17-16(19)14-4-6-15(7-5-14)18(2)3/h4-9,11-12H,10H2,1-3H3,(H,17,19)/t12-/m1/s1. The summed E-state index contributed by atoms with van der Waals surface area (Å²) >= 11 is 0. The zero-order chi connectivity index (χ0) is 14.5. The third-order valence-electron chi connectivity index (χ3n) is 3.15. The molecule has 1 N–H and O–H groups in total. The number of anilines is 1. The molecule has 0 saturated heterocycles. The van der Waals surface area contributed by atoms with Crippen molar-refractivity contribution in [1.29, 1.82) is 0 Å². The summed E-state index contributed by atoms with van der Waals surface area (Å²) in [6.45, 7) is 1.99. The molecule has 0 aliphatic rings. The molecule has 2 aromatic rings. The van der Waals surface area contributed by atoms with E-state index in [0.29, 0.717) is 5.56 Å². The van der Waals surface area contributed by atoms with Crippen LogP contribution in [0.4, 0.5) is 5.69 Å². The third-order valence-corrected chi connectivity index (χ3v) is 3.15. The van der Waals surface area contributed by atoms with Crippen LogP contribution in [-0.2, 0) is 6.42 Å². The molecule has 0 aliphatic heterocycles. The molecule has 1 atom stereocenters. The Kier molecular flexibility index (Phi) is 4.45. The quantitative estimate of drug-likeness (QED) is 0.910. The highest BCUT2D eigenvalue weighted by Gasteiger charge is 2.11. The maximum absolute atomic E-state index is 12.1. The summed E-state index contributed by atoms with van der Waals surface area (Å²) in [7, 11) is 3.95. The summed E-state index contributed by atoms with van der Waals surface area (Å²) in [6.07, 6.45) is 4.11. The number of carbonyl (C=O) groups is 1. The van der Waals surface area contributed by atoms with Gasteiger partial charge in [-0.2, -0.15) is 0 Å². The predicted octanol–water partition coefficient (Wildman–Crippen LogP) is 2.71. The maximum atomic E-state index is 12.1. The van der Waals surface area contributed by atoms with E-state index in [2.05, 4.69) is 5.32 Å². The van der Waals surface area contributed by atoms with Crippen molar-refractivity contribution in [3.05, 3.63) is 54.0 Å². The molecule has 4 nitrogen and oxygen atoms in total. The van der Waals surface area contributed by atoms with Crippen LogP contribution in [0.3, 0.4) is 0 Å². The summed E-state index contributed by atoms with van der Waals surface area (Å²) in [6, 6.07) is 9.54. The average Bonchev–Trinajstić information content (AvgIpc) is 2.91. The van der Waals surface area contributed by atoms with Crippen molar-refractivity contribution >= 4 is 11.6 Å². The summed E-state index contributed by atoms with van der Waals surface area (Å²) in [4.78, 5) is 14.1. The highest BCUT2D eigenvalue weighted by Crippen LogP contribution is 2.12. The van der Waals surface area contributed by atoms with E-state index in [1.165, 1.54) is 0 Å². The van der Waals surface area contributed by atoms with E-state index < -0.39 is 0 Å². The molecule has 0 aliphatic carbocycles. The minimum atomic E-state index is -0.0497. The molecular formula is C16H20N2O2. The van der Waals surface area contributed by atoms with Crippen LogP contribution in [0.1, 0.15) is 22.8 Å². The van der Waals surface area contributed by atoms with Gasteiger partial charge in [-0.1, -0.05) is 0 Å². The number of nitrogens with one attached hydrogen (secondary N) is 1. The van der Waals surface area contributed by atoms with E-state index >= 15 is 0 Å². The van der Waals surface area contributed by atoms with Gasteiger partial charge in [-0.15, -0.1) is 0 Å². The van der Waals surface area contributed by atoms with Gasteiger partial charge in [0.05, 0.1) is 12.5 Å². The molecule has 0 fully saturated rings. The molecular weight excluding hydrogens is 252 g/mol. The minimum Gasteiger partial charge on any atom is -0.472 e. The Bertz CT molecular complexity index is 544. The van der Waals surface area contributed by atoms with Crippen LogP contribution in [0.2, 0.25) is 0 Å². The van der Waals surface area contributed by atoms with E-state index in [-0.39, 0.29) is 11.9 Å². The number of nitrogens with zero attached hydrogens (tertiary/aromatic N) is 1. The minimum absolute atomic E-state index is 0.0497. The lowest BCUT2D eigenvalue weighted by Crippen LogP contribution is -2.34. The molecule has 0 saturated carbocycles. The van der Waals surface area contributed by atoms with Crippen molar-refractivity contribution in [2.24, 2.45) is 0 Å². The molecule has 0 bridgehead atoms. The molecule has 2 rings (SSSR count). The molecule has 1 aromatic carbocycles. The van der Waals surface area contributed by atoms with E-state index in [0.717, 1.165) is 17.7 Å². The van der Waals surface area contributed by atoms with Crippen molar-refractivity contribution in [3.63, 3.8) is 0 Å². The second-order valence-electron chi connectivity index (χ2n) is 5.15. The number of hydrogen-bond donors (Lipinski definition) is 1. The first-order valence-corrected chi connectivity index (χ1v) is 6.65.